The molecular formula is C31H39N7O4S. The maximum absolute atomic E-state index is 13.1. The van der Waals surface area contributed by atoms with Gasteiger partial charge in [-0.05, 0) is 62.2 Å². The first kappa shape index (κ1) is 30.3. The van der Waals surface area contributed by atoms with Crippen LogP contribution in [0.1, 0.15) is 26.7 Å². The van der Waals surface area contributed by atoms with Gasteiger partial charge in [0.1, 0.15) is 16.4 Å². The summed E-state index contributed by atoms with van der Waals surface area (Å²) >= 11 is 0. The van der Waals surface area contributed by atoms with E-state index in [2.05, 4.69) is 50.5 Å². The summed E-state index contributed by atoms with van der Waals surface area (Å²) in [5.41, 5.74) is 2.34. The molecule has 2 aromatic heterocycles. The highest BCUT2D eigenvalue weighted by atomic mass is 32.2. The number of hydrogen-bond acceptors (Lipinski definition) is 9. The van der Waals surface area contributed by atoms with Crippen molar-refractivity contribution < 1.29 is 17.9 Å². The van der Waals surface area contributed by atoms with Gasteiger partial charge in [-0.3, -0.25) is 4.68 Å². The zero-order chi connectivity index (χ0) is 30.4. The summed E-state index contributed by atoms with van der Waals surface area (Å²) in [7, 11) is -0.201. The molecule has 5 rings (SSSR count). The Labute approximate surface area is 253 Å². The van der Waals surface area contributed by atoms with Crippen molar-refractivity contribution in [1.82, 2.24) is 24.6 Å². The van der Waals surface area contributed by atoms with E-state index >= 15 is 0 Å². The SMILES string of the molecule is CC(C)CCCOc1cccc(-c2cc(Oc3ccc(N4CCN(C)CC4)cc3)nc(NS(=O)(=O)c3cnn(C)c3)n2)c1. The Morgan fingerprint density at radius 3 is 2.42 bits per heavy atom. The first-order valence-electron chi connectivity index (χ1n) is 14.5. The molecule has 0 atom stereocenters. The number of ether oxygens (including phenoxy) is 2. The molecule has 0 bridgehead atoms. The molecule has 12 heteroatoms. The second-order valence-corrected chi connectivity index (χ2v) is 12.9. The minimum atomic E-state index is -3.98. The smallest absolute Gasteiger partial charge is 0.267 e. The number of piperazine rings is 1. The summed E-state index contributed by atoms with van der Waals surface area (Å²) in [6.07, 6.45) is 4.72. The molecule has 228 valence electrons. The highest BCUT2D eigenvalue weighted by Crippen LogP contribution is 2.30. The van der Waals surface area contributed by atoms with E-state index in [1.807, 2.05) is 48.5 Å². The van der Waals surface area contributed by atoms with Gasteiger partial charge in [-0.15, -0.1) is 0 Å². The van der Waals surface area contributed by atoms with E-state index in [0.29, 0.717) is 29.7 Å². The molecule has 0 unspecified atom stereocenters. The monoisotopic (exact) mass is 605 g/mol. The predicted octanol–water partition coefficient (Wildman–Crippen LogP) is 5.04. The summed E-state index contributed by atoms with van der Waals surface area (Å²) < 4.78 is 42.2. The van der Waals surface area contributed by atoms with Crippen LogP contribution in [0, 0.1) is 5.92 Å². The van der Waals surface area contributed by atoms with Crippen LogP contribution in [0.3, 0.4) is 0 Å². The number of aromatic nitrogens is 4. The number of nitrogens with one attached hydrogen (secondary N) is 1. The molecule has 1 saturated heterocycles. The molecule has 0 saturated carbocycles. The molecule has 0 spiro atoms. The number of anilines is 2. The second kappa shape index (κ2) is 13.4. The number of rotatable bonds is 12. The van der Waals surface area contributed by atoms with Gasteiger partial charge < -0.3 is 19.3 Å². The number of benzene rings is 2. The van der Waals surface area contributed by atoms with Crippen LogP contribution in [-0.4, -0.2) is 72.9 Å². The van der Waals surface area contributed by atoms with E-state index in [0.717, 1.165) is 50.3 Å². The van der Waals surface area contributed by atoms with Crippen LogP contribution in [0.15, 0.2) is 71.9 Å². The third-order valence-electron chi connectivity index (χ3n) is 7.17. The summed E-state index contributed by atoms with van der Waals surface area (Å²) in [5, 5.41) is 3.97. The van der Waals surface area contributed by atoms with Crippen molar-refractivity contribution in [2.45, 2.75) is 31.6 Å². The zero-order valence-corrected chi connectivity index (χ0v) is 25.9. The molecule has 3 heterocycles. The molecule has 1 aliphatic rings. The fourth-order valence-corrected chi connectivity index (χ4v) is 5.65. The van der Waals surface area contributed by atoms with Crippen LogP contribution in [0.2, 0.25) is 0 Å². The summed E-state index contributed by atoms with van der Waals surface area (Å²) in [4.78, 5) is 13.6. The lowest BCUT2D eigenvalue weighted by Gasteiger charge is -2.34. The van der Waals surface area contributed by atoms with Crippen LogP contribution in [0.4, 0.5) is 11.6 Å². The molecule has 0 aliphatic carbocycles. The van der Waals surface area contributed by atoms with E-state index < -0.39 is 10.0 Å². The molecule has 2 aromatic carbocycles. The van der Waals surface area contributed by atoms with E-state index in [4.69, 9.17) is 9.47 Å². The lowest BCUT2D eigenvalue weighted by molar-refractivity contribution is 0.298. The van der Waals surface area contributed by atoms with Gasteiger partial charge in [-0.1, -0.05) is 26.0 Å². The first-order valence-corrected chi connectivity index (χ1v) is 16.0. The minimum absolute atomic E-state index is 0.00256. The molecule has 0 amide bonds. The summed E-state index contributed by atoms with van der Waals surface area (Å²) in [6.45, 7) is 8.96. The lowest BCUT2D eigenvalue weighted by Crippen LogP contribution is -2.44. The molecule has 1 aliphatic heterocycles. The van der Waals surface area contributed by atoms with Gasteiger partial charge in [0, 0.05) is 56.7 Å². The average Bonchev–Trinajstić information content (AvgIpc) is 3.43. The fraction of sp³-hybridized carbons (Fsp3) is 0.387. The highest BCUT2D eigenvalue weighted by molar-refractivity contribution is 7.92. The van der Waals surface area contributed by atoms with Crippen molar-refractivity contribution in [3.8, 4) is 28.6 Å². The minimum Gasteiger partial charge on any atom is -0.494 e. The predicted molar refractivity (Wildman–Crippen MR) is 167 cm³/mol. The van der Waals surface area contributed by atoms with E-state index in [1.165, 1.54) is 17.1 Å². The highest BCUT2D eigenvalue weighted by Gasteiger charge is 2.20. The molecule has 1 fully saturated rings. The van der Waals surface area contributed by atoms with E-state index in [1.54, 1.807) is 13.1 Å². The number of nitrogens with zero attached hydrogens (tertiary/aromatic N) is 6. The Hall–Kier alpha value is -4.16. The molecule has 11 nitrogen and oxygen atoms in total. The van der Waals surface area contributed by atoms with Crippen molar-refractivity contribution in [3.05, 3.63) is 67.0 Å². The number of sulfonamides is 1. The maximum Gasteiger partial charge on any atom is 0.267 e. The van der Waals surface area contributed by atoms with E-state index in [9.17, 15) is 8.42 Å². The molecule has 1 N–H and O–H groups in total. The Morgan fingerprint density at radius 1 is 0.953 bits per heavy atom. The van der Waals surface area contributed by atoms with Crippen molar-refractivity contribution in [3.63, 3.8) is 0 Å². The number of likely N-dealkylation sites (N-methyl/N-ethyl adjacent to an activating group) is 1. The van der Waals surface area contributed by atoms with Crippen molar-refractivity contribution >= 4 is 21.7 Å². The number of hydrogen-bond donors (Lipinski definition) is 1. The lowest BCUT2D eigenvalue weighted by atomic mass is 10.1. The Balaban J connectivity index is 1.40. The first-order chi connectivity index (χ1) is 20.6. The van der Waals surface area contributed by atoms with Gasteiger partial charge in [-0.2, -0.15) is 10.1 Å². The fourth-order valence-electron chi connectivity index (χ4n) is 4.72. The molecule has 43 heavy (non-hydrogen) atoms. The third kappa shape index (κ3) is 8.23. The molecule has 4 aromatic rings. The van der Waals surface area contributed by atoms with Crippen LogP contribution in [0.5, 0.6) is 17.4 Å². The topological polar surface area (TPSA) is 115 Å². The van der Waals surface area contributed by atoms with E-state index in [-0.39, 0.29) is 16.7 Å². The van der Waals surface area contributed by atoms with Crippen LogP contribution < -0.4 is 19.1 Å². The molecular weight excluding hydrogens is 566 g/mol. The van der Waals surface area contributed by atoms with Crippen molar-refractivity contribution in [2.24, 2.45) is 13.0 Å². The summed E-state index contributed by atoms with van der Waals surface area (Å²) in [6, 6.07) is 17.1. The van der Waals surface area contributed by atoms with Gasteiger partial charge in [0.15, 0.2) is 0 Å². The van der Waals surface area contributed by atoms with Gasteiger partial charge in [0.25, 0.3) is 10.0 Å². The third-order valence-corrected chi connectivity index (χ3v) is 8.45. The van der Waals surface area contributed by atoms with Crippen molar-refractivity contribution in [1.29, 1.82) is 0 Å². The van der Waals surface area contributed by atoms with Crippen LogP contribution in [0.25, 0.3) is 11.3 Å². The van der Waals surface area contributed by atoms with Gasteiger partial charge in [-0.25, -0.2) is 18.1 Å². The largest absolute Gasteiger partial charge is 0.494 e. The van der Waals surface area contributed by atoms with Crippen LogP contribution in [-0.2, 0) is 17.1 Å². The Bertz CT molecular complexity index is 1620. The quantitative estimate of drug-likeness (QED) is 0.222. The standard InChI is InChI=1S/C31H39N7O4S/c1-23(2)7-6-18-41-27-9-5-8-24(19-27)29-20-30(34-31(33-29)35-43(39,40)28-21-32-37(4)22-28)42-26-12-10-25(11-13-26)38-16-14-36(3)15-17-38/h5,8-13,19-23H,6-7,14-18H2,1-4H3,(H,33,34,35). The average molecular weight is 606 g/mol. The van der Waals surface area contributed by atoms with Gasteiger partial charge in [0.2, 0.25) is 11.8 Å². The molecule has 0 radical (unpaired) electrons. The number of aryl methyl sites for hydroxylation is 1. The summed E-state index contributed by atoms with van der Waals surface area (Å²) in [5.74, 6) is 1.98. The van der Waals surface area contributed by atoms with Gasteiger partial charge in [0.05, 0.1) is 18.5 Å². The Morgan fingerprint density at radius 2 is 1.72 bits per heavy atom. The maximum atomic E-state index is 13.1. The zero-order valence-electron chi connectivity index (χ0n) is 25.1. The van der Waals surface area contributed by atoms with Crippen molar-refractivity contribution in [2.75, 3.05) is 49.5 Å². The van der Waals surface area contributed by atoms with Gasteiger partial charge >= 0.3 is 0 Å². The second-order valence-electron chi connectivity index (χ2n) is 11.2. The normalized spacial score (nSPS) is 14.2. The van der Waals surface area contributed by atoms with Crippen LogP contribution >= 0.6 is 0 Å². The Kier molecular flexibility index (Phi) is 9.46.